The molecule has 2 aromatic rings. The molecule has 2 rings (SSSR count). The highest BCUT2D eigenvalue weighted by Crippen LogP contribution is 2.25. The van der Waals surface area contributed by atoms with Gasteiger partial charge in [-0.15, -0.1) is 0 Å². The predicted molar refractivity (Wildman–Crippen MR) is 74.3 cm³/mol. The molecule has 1 heterocycles. The van der Waals surface area contributed by atoms with Crippen molar-refractivity contribution in [3.8, 4) is 5.75 Å². The molecule has 0 saturated heterocycles. The van der Waals surface area contributed by atoms with Crippen molar-refractivity contribution >= 4 is 28.4 Å². The molecule has 0 atom stereocenters. The van der Waals surface area contributed by atoms with E-state index in [-0.39, 0.29) is 22.7 Å². The zero-order chi connectivity index (χ0) is 14.7. The summed E-state index contributed by atoms with van der Waals surface area (Å²) < 4.78 is 3.91. The van der Waals surface area contributed by atoms with E-state index in [1.165, 1.54) is 6.07 Å². The minimum Gasteiger partial charge on any atom is -0.508 e. The number of benzene rings is 1. The van der Waals surface area contributed by atoms with Gasteiger partial charge in [-0.05, 0) is 24.5 Å². The third-order valence-electron chi connectivity index (χ3n) is 2.67. The van der Waals surface area contributed by atoms with E-state index in [1.807, 2.05) is 0 Å². The largest absolute Gasteiger partial charge is 0.508 e. The number of carbonyl (C=O) groups excluding carboxylic acids is 1. The van der Waals surface area contributed by atoms with Crippen molar-refractivity contribution in [1.29, 1.82) is 0 Å². The smallest absolute Gasteiger partial charge is 0.340 e. The van der Waals surface area contributed by atoms with Gasteiger partial charge in [-0.2, -0.15) is 4.37 Å². The Balaban J connectivity index is 2.13. The number of phenols is 1. The predicted octanol–water partition coefficient (Wildman–Crippen LogP) is 2.04. The van der Waals surface area contributed by atoms with Crippen molar-refractivity contribution in [3.63, 3.8) is 0 Å². The number of amides is 1. The lowest BCUT2D eigenvalue weighted by Gasteiger charge is -2.05. The van der Waals surface area contributed by atoms with Crippen LogP contribution < -0.4 is 5.32 Å². The first-order valence-corrected chi connectivity index (χ1v) is 6.52. The molecule has 0 bridgehead atoms. The lowest BCUT2D eigenvalue weighted by Crippen LogP contribution is -2.15. The summed E-state index contributed by atoms with van der Waals surface area (Å²) in [6, 6.07) is 6.49. The Kier molecular flexibility index (Phi) is 3.99. The molecule has 0 radical (unpaired) electrons. The van der Waals surface area contributed by atoms with Crippen molar-refractivity contribution in [2.24, 2.45) is 0 Å². The Labute approximate surface area is 118 Å². The van der Waals surface area contributed by atoms with Gasteiger partial charge in [-0.25, -0.2) is 4.79 Å². The number of aromatic nitrogens is 1. The summed E-state index contributed by atoms with van der Waals surface area (Å²) in [6.07, 6.45) is -0.0390. The summed E-state index contributed by atoms with van der Waals surface area (Å²) >= 11 is 0.922. The first kappa shape index (κ1) is 14.0. The van der Waals surface area contributed by atoms with E-state index < -0.39 is 11.9 Å². The van der Waals surface area contributed by atoms with Crippen LogP contribution >= 0.6 is 11.5 Å². The highest BCUT2D eigenvalue weighted by Gasteiger charge is 2.19. The molecule has 0 aliphatic heterocycles. The number of carboxylic acid groups (broad SMARTS) is 1. The average molecular weight is 292 g/mol. The molecule has 6 nitrogen and oxygen atoms in total. The average Bonchev–Trinajstić information content (AvgIpc) is 2.73. The second kappa shape index (κ2) is 5.70. The highest BCUT2D eigenvalue weighted by atomic mass is 32.1. The molecule has 0 saturated carbocycles. The second-order valence-electron chi connectivity index (χ2n) is 4.13. The van der Waals surface area contributed by atoms with Crippen LogP contribution in [-0.4, -0.2) is 26.5 Å². The van der Waals surface area contributed by atoms with Crippen molar-refractivity contribution < 1.29 is 19.8 Å². The maximum Gasteiger partial charge on any atom is 0.340 e. The topological polar surface area (TPSA) is 99.5 Å². The first-order valence-electron chi connectivity index (χ1n) is 5.75. The van der Waals surface area contributed by atoms with Crippen LogP contribution in [0.4, 0.5) is 5.00 Å². The van der Waals surface area contributed by atoms with Crippen molar-refractivity contribution in [2.45, 2.75) is 13.3 Å². The fourth-order valence-corrected chi connectivity index (χ4v) is 2.52. The van der Waals surface area contributed by atoms with E-state index in [0.717, 1.165) is 11.5 Å². The molecule has 0 aliphatic carbocycles. The zero-order valence-corrected chi connectivity index (χ0v) is 11.4. The number of carboxylic acids is 1. The molecule has 0 spiro atoms. The normalized spacial score (nSPS) is 10.2. The third-order valence-corrected chi connectivity index (χ3v) is 3.53. The molecule has 1 amide bonds. The van der Waals surface area contributed by atoms with Gasteiger partial charge in [0, 0.05) is 5.56 Å². The van der Waals surface area contributed by atoms with Gasteiger partial charge in [-0.3, -0.25) is 4.79 Å². The van der Waals surface area contributed by atoms with Gasteiger partial charge in [0.25, 0.3) is 0 Å². The third kappa shape index (κ3) is 2.94. The van der Waals surface area contributed by atoms with E-state index in [0.29, 0.717) is 11.3 Å². The molecule has 1 aromatic carbocycles. The summed E-state index contributed by atoms with van der Waals surface area (Å²) in [6.45, 7) is 1.57. The van der Waals surface area contributed by atoms with E-state index in [4.69, 9.17) is 5.11 Å². The molecule has 104 valence electrons. The van der Waals surface area contributed by atoms with Gasteiger partial charge < -0.3 is 15.5 Å². The zero-order valence-electron chi connectivity index (χ0n) is 10.6. The fourth-order valence-electron chi connectivity index (χ4n) is 1.71. The van der Waals surface area contributed by atoms with E-state index in [9.17, 15) is 14.7 Å². The molecule has 0 aliphatic rings. The first-order chi connectivity index (χ1) is 9.49. The van der Waals surface area contributed by atoms with Crippen LogP contribution in [0.1, 0.15) is 21.6 Å². The Morgan fingerprint density at radius 3 is 2.70 bits per heavy atom. The van der Waals surface area contributed by atoms with E-state index in [2.05, 4.69) is 9.69 Å². The SMILES string of the molecule is Cc1nsc(NC(=O)Cc2ccccc2O)c1C(=O)O. The van der Waals surface area contributed by atoms with E-state index in [1.54, 1.807) is 25.1 Å². The number of hydrogen-bond donors (Lipinski definition) is 3. The van der Waals surface area contributed by atoms with Gasteiger partial charge in [0.2, 0.25) is 5.91 Å². The number of para-hydroxylation sites is 1. The quantitative estimate of drug-likeness (QED) is 0.800. The lowest BCUT2D eigenvalue weighted by atomic mass is 10.1. The number of hydrogen-bond acceptors (Lipinski definition) is 5. The van der Waals surface area contributed by atoms with Crippen molar-refractivity contribution in [1.82, 2.24) is 4.37 Å². The minimum atomic E-state index is -1.13. The number of carbonyl (C=O) groups is 2. The van der Waals surface area contributed by atoms with Crippen LogP contribution in [0.25, 0.3) is 0 Å². The number of phenolic OH excluding ortho intramolecular Hbond substituents is 1. The maximum atomic E-state index is 11.9. The Hall–Kier alpha value is -2.41. The summed E-state index contributed by atoms with van der Waals surface area (Å²) in [4.78, 5) is 23.0. The number of aromatic carboxylic acids is 1. The number of aryl methyl sites for hydroxylation is 1. The fraction of sp³-hybridized carbons (Fsp3) is 0.154. The van der Waals surface area contributed by atoms with Crippen LogP contribution in [0.15, 0.2) is 24.3 Å². The molecule has 0 fully saturated rings. The number of nitrogens with one attached hydrogen (secondary N) is 1. The molecule has 3 N–H and O–H groups in total. The van der Waals surface area contributed by atoms with Crippen LogP contribution in [0.5, 0.6) is 5.75 Å². The molecule has 0 unspecified atom stereocenters. The molecule has 7 heteroatoms. The Morgan fingerprint density at radius 2 is 2.05 bits per heavy atom. The van der Waals surface area contributed by atoms with E-state index >= 15 is 0 Å². The van der Waals surface area contributed by atoms with Gasteiger partial charge >= 0.3 is 5.97 Å². The van der Waals surface area contributed by atoms with Crippen LogP contribution in [0, 0.1) is 6.92 Å². The maximum absolute atomic E-state index is 11.9. The number of nitrogens with zero attached hydrogens (tertiary/aromatic N) is 1. The summed E-state index contributed by atoms with van der Waals surface area (Å²) in [5.41, 5.74) is 0.837. The second-order valence-corrected chi connectivity index (χ2v) is 4.90. The molecule has 1 aromatic heterocycles. The lowest BCUT2D eigenvalue weighted by molar-refractivity contribution is -0.115. The van der Waals surface area contributed by atoms with Crippen LogP contribution in [-0.2, 0) is 11.2 Å². The number of rotatable bonds is 4. The number of aromatic hydroxyl groups is 1. The Morgan fingerprint density at radius 1 is 1.35 bits per heavy atom. The Bertz CT molecular complexity index is 666. The standard InChI is InChI=1S/C13H12N2O4S/c1-7-11(13(18)19)12(20-15-7)14-10(17)6-8-4-2-3-5-9(8)16/h2-5,16H,6H2,1H3,(H,14,17)(H,18,19). The van der Waals surface area contributed by atoms with Crippen LogP contribution in [0.3, 0.4) is 0 Å². The molecular formula is C13H12N2O4S. The molecule has 20 heavy (non-hydrogen) atoms. The van der Waals surface area contributed by atoms with Gasteiger partial charge in [0.05, 0.1) is 12.1 Å². The summed E-state index contributed by atoms with van der Waals surface area (Å²) in [5.74, 6) is -1.51. The monoisotopic (exact) mass is 292 g/mol. The van der Waals surface area contributed by atoms with Gasteiger partial charge in [-0.1, -0.05) is 18.2 Å². The highest BCUT2D eigenvalue weighted by molar-refractivity contribution is 7.11. The number of anilines is 1. The minimum absolute atomic E-state index is 0.000587. The van der Waals surface area contributed by atoms with Crippen LogP contribution in [0.2, 0.25) is 0 Å². The summed E-state index contributed by atoms with van der Waals surface area (Å²) in [5, 5.41) is 21.4. The molecular weight excluding hydrogens is 280 g/mol. The van der Waals surface area contributed by atoms with Gasteiger partial charge in [0.15, 0.2) is 0 Å². The van der Waals surface area contributed by atoms with Crippen molar-refractivity contribution in [2.75, 3.05) is 5.32 Å². The van der Waals surface area contributed by atoms with Gasteiger partial charge in [0.1, 0.15) is 16.3 Å². The summed E-state index contributed by atoms with van der Waals surface area (Å²) in [7, 11) is 0. The van der Waals surface area contributed by atoms with Crippen molar-refractivity contribution in [3.05, 3.63) is 41.1 Å².